The highest BCUT2D eigenvalue weighted by Crippen LogP contribution is 2.17. The van der Waals surface area contributed by atoms with E-state index in [4.69, 9.17) is 9.57 Å². The largest absolute Gasteiger partial charge is 0.508 e. The third-order valence-corrected chi connectivity index (χ3v) is 2.21. The lowest BCUT2D eigenvalue weighted by Gasteiger charge is -2.04. The Kier molecular flexibility index (Phi) is 3.49. The van der Waals surface area contributed by atoms with Crippen molar-refractivity contribution >= 4 is 0 Å². The fraction of sp³-hybridized carbons (Fsp3) is 0.250. The Balaban J connectivity index is 1.83. The first-order chi connectivity index (χ1) is 8.28. The van der Waals surface area contributed by atoms with Crippen molar-refractivity contribution in [2.75, 3.05) is 13.7 Å². The molecule has 1 N–H and O–H groups in total. The van der Waals surface area contributed by atoms with Gasteiger partial charge >= 0.3 is 0 Å². The van der Waals surface area contributed by atoms with Gasteiger partial charge in [-0.2, -0.15) is 0 Å². The Morgan fingerprint density at radius 2 is 2.35 bits per heavy atom. The average molecular weight is 233 g/mol. The van der Waals surface area contributed by atoms with Crippen molar-refractivity contribution in [1.82, 2.24) is 9.94 Å². The molecular formula is C12H13N2O3. The van der Waals surface area contributed by atoms with Crippen molar-refractivity contribution in [2.45, 2.75) is 6.42 Å². The van der Waals surface area contributed by atoms with Crippen molar-refractivity contribution in [2.24, 2.45) is 0 Å². The Morgan fingerprint density at radius 3 is 3.06 bits per heavy atom. The summed E-state index contributed by atoms with van der Waals surface area (Å²) in [5.41, 5.74) is 1.02. The third kappa shape index (κ3) is 3.14. The van der Waals surface area contributed by atoms with Crippen molar-refractivity contribution in [3.63, 3.8) is 0 Å². The SMILES string of the molecule is COn1cc(CCOc2c[c]cc(O)c2)cn1. The highest BCUT2D eigenvalue weighted by molar-refractivity contribution is 5.30. The number of ether oxygens (including phenoxy) is 1. The second-order valence-corrected chi connectivity index (χ2v) is 3.46. The zero-order valence-corrected chi connectivity index (χ0v) is 9.46. The van der Waals surface area contributed by atoms with E-state index in [0.717, 1.165) is 12.0 Å². The third-order valence-electron chi connectivity index (χ3n) is 2.21. The predicted octanol–water partition coefficient (Wildman–Crippen LogP) is 1.07. The smallest absolute Gasteiger partial charge is 0.123 e. The highest BCUT2D eigenvalue weighted by atomic mass is 16.7. The Hall–Kier alpha value is -2.17. The Morgan fingerprint density at radius 1 is 1.47 bits per heavy atom. The summed E-state index contributed by atoms with van der Waals surface area (Å²) in [6, 6.07) is 7.49. The fourth-order valence-electron chi connectivity index (χ4n) is 1.38. The second kappa shape index (κ2) is 5.25. The van der Waals surface area contributed by atoms with Gasteiger partial charge in [-0.15, -0.1) is 9.94 Å². The molecule has 1 radical (unpaired) electrons. The molecule has 2 aromatic rings. The number of aromatic nitrogens is 2. The van der Waals surface area contributed by atoms with E-state index >= 15 is 0 Å². The van der Waals surface area contributed by atoms with Crippen molar-refractivity contribution in [1.29, 1.82) is 0 Å². The van der Waals surface area contributed by atoms with E-state index < -0.39 is 0 Å². The quantitative estimate of drug-likeness (QED) is 0.839. The molecule has 89 valence electrons. The van der Waals surface area contributed by atoms with E-state index in [9.17, 15) is 5.11 Å². The van der Waals surface area contributed by atoms with Gasteiger partial charge in [0.25, 0.3) is 0 Å². The molecule has 0 spiro atoms. The van der Waals surface area contributed by atoms with Crippen molar-refractivity contribution in [3.8, 4) is 11.5 Å². The van der Waals surface area contributed by atoms with Gasteiger partial charge in [0.1, 0.15) is 18.6 Å². The Bertz CT molecular complexity index is 482. The number of hydrogen-bond acceptors (Lipinski definition) is 4. The van der Waals surface area contributed by atoms with Gasteiger partial charge in [-0.25, -0.2) is 0 Å². The van der Waals surface area contributed by atoms with Gasteiger partial charge in [0, 0.05) is 12.5 Å². The number of hydrogen-bond donors (Lipinski definition) is 1. The number of phenols is 1. The van der Waals surface area contributed by atoms with E-state index in [0.29, 0.717) is 12.4 Å². The molecule has 0 saturated heterocycles. The molecule has 17 heavy (non-hydrogen) atoms. The van der Waals surface area contributed by atoms with Gasteiger partial charge in [0.15, 0.2) is 0 Å². The molecular weight excluding hydrogens is 220 g/mol. The molecule has 0 bridgehead atoms. The van der Waals surface area contributed by atoms with Gasteiger partial charge < -0.3 is 14.7 Å². The number of rotatable bonds is 5. The maximum Gasteiger partial charge on any atom is 0.123 e. The first kappa shape index (κ1) is 11.3. The van der Waals surface area contributed by atoms with Crippen LogP contribution < -0.4 is 9.57 Å². The van der Waals surface area contributed by atoms with Gasteiger partial charge in [0.2, 0.25) is 0 Å². The molecule has 0 atom stereocenters. The fourth-order valence-corrected chi connectivity index (χ4v) is 1.38. The lowest BCUT2D eigenvalue weighted by molar-refractivity contribution is 0.133. The number of aromatic hydroxyl groups is 1. The van der Waals surface area contributed by atoms with Crippen LogP contribution in [0.2, 0.25) is 0 Å². The minimum Gasteiger partial charge on any atom is -0.508 e. The van der Waals surface area contributed by atoms with Crippen molar-refractivity contribution in [3.05, 3.63) is 42.2 Å². The van der Waals surface area contributed by atoms with Crippen LogP contribution >= 0.6 is 0 Å². The van der Waals surface area contributed by atoms with Crippen LogP contribution in [0.3, 0.4) is 0 Å². The molecule has 1 aromatic heterocycles. The van der Waals surface area contributed by atoms with E-state index in [1.54, 1.807) is 31.6 Å². The average Bonchev–Trinajstić information content (AvgIpc) is 2.77. The topological polar surface area (TPSA) is 56.5 Å². The molecule has 1 aromatic carbocycles. The molecule has 5 nitrogen and oxygen atoms in total. The van der Waals surface area contributed by atoms with Gasteiger partial charge in [-0.3, -0.25) is 0 Å². The summed E-state index contributed by atoms with van der Waals surface area (Å²) in [5.74, 6) is 0.749. The standard InChI is InChI=1S/C12H13N2O3/c1-16-14-9-10(8-13-14)5-6-17-12-4-2-3-11(15)7-12/h3-4,7-9,15H,5-6H2,1H3. The molecule has 0 saturated carbocycles. The lowest BCUT2D eigenvalue weighted by Crippen LogP contribution is -2.05. The summed E-state index contributed by atoms with van der Waals surface area (Å²) in [7, 11) is 1.55. The van der Waals surface area contributed by atoms with Gasteiger partial charge in [0.05, 0.1) is 19.0 Å². The normalized spacial score (nSPS) is 10.2. The number of nitrogens with zero attached hydrogens (tertiary/aromatic N) is 2. The molecule has 0 fully saturated rings. The highest BCUT2D eigenvalue weighted by Gasteiger charge is 2.00. The first-order valence-corrected chi connectivity index (χ1v) is 5.19. The molecule has 0 unspecified atom stereocenters. The molecule has 0 amide bonds. The second-order valence-electron chi connectivity index (χ2n) is 3.46. The summed E-state index contributed by atoms with van der Waals surface area (Å²) in [6.45, 7) is 0.507. The number of benzene rings is 1. The van der Waals surface area contributed by atoms with E-state index in [1.807, 2.05) is 0 Å². The molecule has 2 rings (SSSR count). The van der Waals surface area contributed by atoms with Crippen LogP contribution in [0.4, 0.5) is 0 Å². The molecule has 5 heteroatoms. The maximum atomic E-state index is 9.22. The minimum absolute atomic E-state index is 0.148. The summed E-state index contributed by atoms with van der Waals surface area (Å²) in [5, 5.41) is 13.2. The van der Waals surface area contributed by atoms with Crippen LogP contribution in [0.15, 0.2) is 30.6 Å². The first-order valence-electron chi connectivity index (χ1n) is 5.19. The van der Waals surface area contributed by atoms with Crippen molar-refractivity contribution < 1.29 is 14.7 Å². The predicted molar refractivity (Wildman–Crippen MR) is 60.9 cm³/mol. The summed E-state index contributed by atoms with van der Waals surface area (Å²) >= 11 is 0. The van der Waals surface area contributed by atoms with Crippen LogP contribution in [0, 0.1) is 6.07 Å². The summed E-state index contributed by atoms with van der Waals surface area (Å²) in [6.07, 6.45) is 4.23. The van der Waals surface area contributed by atoms with E-state index in [1.165, 1.54) is 10.9 Å². The maximum absolute atomic E-state index is 9.22. The minimum atomic E-state index is 0.148. The van der Waals surface area contributed by atoms with E-state index in [-0.39, 0.29) is 5.75 Å². The zero-order valence-electron chi connectivity index (χ0n) is 9.46. The monoisotopic (exact) mass is 233 g/mol. The van der Waals surface area contributed by atoms with Gasteiger partial charge in [-0.05, 0) is 23.8 Å². The van der Waals surface area contributed by atoms with Crippen LogP contribution in [0.25, 0.3) is 0 Å². The molecule has 1 heterocycles. The summed E-state index contributed by atoms with van der Waals surface area (Å²) < 4.78 is 5.46. The van der Waals surface area contributed by atoms with Crippen LogP contribution in [-0.2, 0) is 6.42 Å². The molecule has 0 aliphatic heterocycles. The zero-order chi connectivity index (χ0) is 12.1. The number of phenolic OH excluding ortho intramolecular Hbond substituents is 1. The van der Waals surface area contributed by atoms with Crippen LogP contribution in [0.1, 0.15) is 5.56 Å². The Labute approximate surface area is 99.2 Å². The van der Waals surface area contributed by atoms with Crippen LogP contribution in [0.5, 0.6) is 11.5 Å². The molecule has 0 aliphatic carbocycles. The molecule has 0 aliphatic rings. The van der Waals surface area contributed by atoms with Gasteiger partial charge in [-0.1, -0.05) is 0 Å². The lowest BCUT2D eigenvalue weighted by atomic mass is 10.3. The van der Waals surface area contributed by atoms with Crippen LogP contribution in [-0.4, -0.2) is 28.8 Å². The van der Waals surface area contributed by atoms with E-state index in [2.05, 4.69) is 11.2 Å². The summed E-state index contributed by atoms with van der Waals surface area (Å²) in [4.78, 5) is 6.29.